The van der Waals surface area contributed by atoms with Crippen LogP contribution in [-0.4, -0.2) is 0 Å². The minimum Gasteiger partial charge on any atom is -0.0619 e. The molecule has 0 aromatic heterocycles. The minimum atomic E-state index is -0.351. The maximum absolute atomic E-state index is 2.57. The third-order valence-electron chi connectivity index (χ3n) is 10.8. The van der Waals surface area contributed by atoms with Crippen LogP contribution < -0.4 is 0 Å². The predicted molar refractivity (Wildman–Crippen MR) is 188 cm³/mol. The van der Waals surface area contributed by atoms with Crippen LogP contribution in [0.4, 0.5) is 0 Å². The van der Waals surface area contributed by atoms with E-state index in [1.54, 1.807) is 0 Å². The Morgan fingerprint density at radius 3 is 1.69 bits per heavy atom. The average Bonchev–Trinajstić information content (AvgIpc) is 3.71. The summed E-state index contributed by atoms with van der Waals surface area (Å²) in [6, 6.07) is 59.4. The third kappa shape index (κ3) is 2.75. The highest BCUT2D eigenvalue weighted by molar-refractivity contribution is 6.21. The predicted octanol–water partition coefficient (Wildman–Crippen LogP) is 11.7. The fraction of sp³-hybridized carbons (Fsp3) is 0.0222. The molecule has 0 atom stereocenters. The molecule has 0 aliphatic heterocycles. The van der Waals surface area contributed by atoms with Crippen molar-refractivity contribution in [2.45, 2.75) is 5.41 Å². The standard InChI is InChI=1S/C45H26/c1-2-13-29-27(11-1)12-9-17-30(29)28-23-24-31-34-18-10-19-36-43(34)38(37(31)25-28)26-42-44(36)35-16-5-8-22-41(35)45(42)39-20-6-3-14-32(39)33-15-4-7-21-40(33)45/h1-26H. The molecule has 0 amide bonds. The zero-order valence-electron chi connectivity index (χ0n) is 24.5. The Bertz CT molecular complexity index is 2550. The minimum absolute atomic E-state index is 0.351. The highest BCUT2D eigenvalue weighted by atomic mass is 14.5. The highest BCUT2D eigenvalue weighted by Crippen LogP contribution is 2.65. The van der Waals surface area contributed by atoms with E-state index >= 15 is 0 Å². The largest absolute Gasteiger partial charge is 0.0725 e. The molecule has 11 rings (SSSR count). The summed E-state index contributed by atoms with van der Waals surface area (Å²) in [6.45, 7) is 0. The first-order valence-corrected chi connectivity index (χ1v) is 15.9. The molecule has 0 saturated heterocycles. The Balaban J connectivity index is 1.26. The van der Waals surface area contributed by atoms with Crippen molar-refractivity contribution >= 4 is 21.5 Å². The fourth-order valence-electron chi connectivity index (χ4n) is 9.14. The maximum atomic E-state index is 2.57. The van der Waals surface area contributed by atoms with E-state index in [2.05, 4.69) is 158 Å². The normalized spacial score (nSPS) is 14.0. The van der Waals surface area contributed by atoms with E-state index in [1.807, 2.05) is 0 Å². The van der Waals surface area contributed by atoms with E-state index < -0.39 is 0 Å². The molecule has 0 bridgehead atoms. The molecule has 0 nitrogen and oxygen atoms in total. The molecule has 0 heteroatoms. The molecule has 3 aliphatic carbocycles. The van der Waals surface area contributed by atoms with Crippen LogP contribution in [0.1, 0.15) is 22.3 Å². The lowest BCUT2D eigenvalue weighted by Crippen LogP contribution is -2.25. The second kappa shape index (κ2) is 8.25. The Morgan fingerprint density at radius 1 is 0.311 bits per heavy atom. The Kier molecular flexibility index (Phi) is 4.35. The molecule has 0 unspecified atom stereocenters. The summed E-state index contributed by atoms with van der Waals surface area (Å²) in [5, 5.41) is 5.31. The SMILES string of the molecule is c1ccc2c(c1)-c1ccccc1C21c2ccccc2-c2c1cc1c3c(cccc23)-c2ccc(-c3cccc4ccccc34)cc2-1. The molecule has 3 aliphatic rings. The van der Waals surface area contributed by atoms with Crippen molar-refractivity contribution in [3.63, 3.8) is 0 Å². The number of benzene rings is 8. The van der Waals surface area contributed by atoms with Crippen LogP contribution in [0.15, 0.2) is 158 Å². The molecular formula is C45H26. The van der Waals surface area contributed by atoms with E-state index in [0.29, 0.717) is 0 Å². The first-order valence-electron chi connectivity index (χ1n) is 15.9. The number of hydrogen-bond donors (Lipinski definition) is 0. The molecule has 0 heterocycles. The summed E-state index contributed by atoms with van der Waals surface area (Å²) < 4.78 is 0. The molecular weight excluding hydrogens is 540 g/mol. The Morgan fingerprint density at radius 2 is 0.889 bits per heavy atom. The lowest BCUT2D eigenvalue weighted by atomic mass is 9.70. The molecule has 8 aromatic rings. The summed E-state index contributed by atoms with van der Waals surface area (Å²) >= 11 is 0. The van der Waals surface area contributed by atoms with Crippen molar-refractivity contribution in [1.29, 1.82) is 0 Å². The van der Waals surface area contributed by atoms with E-state index in [0.717, 1.165) is 0 Å². The average molecular weight is 567 g/mol. The van der Waals surface area contributed by atoms with Gasteiger partial charge in [-0.3, -0.25) is 0 Å². The van der Waals surface area contributed by atoms with Crippen LogP contribution >= 0.6 is 0 Å². The van der Waals surface area contributed by atoms with Gasteiger partial charge in [0.25, 0.3) is 0 Å². The number of hydrogen-bond acceptors (Lipinski definition) is 0. The van der Waals surface area contributed by atoms with Crippen molar-refractivity contribution in [3.8, 4) is 55.6 Å². The van der Waals surface area contributed by atoms with Gasteiger partial charge in [-0.2, -0.15) is 0 Å². The van der Waals surface area contributed by atoms with E-state index in [-0.39, 0.29) is 5.41 Å². The van der Waals surface area contributed by atoms with Crippen LogP contribution in [0.5, 0.6) is 0 Å². The second-order valence-corrected chi connectivity index (χ2v) is 12.7. The summed E-state index contributed by atoms with van der Waals surface area (Å²) in [7, 11) is 0. The molecule has 0 radical (unpaired) electrons. The molecule has 1 spiro atoms. The van der Waals surface area contributed by atoms with Gasteiger partial charge in [-0.05, 0) is 112 Å². The monoisotopic (exact) mass is 566 g/mol. The molecule has 206 valence electrons. The molecule has 8 aromatic carbocycles. The topological polar surface area (TPSA) is 0 Å². The first kappa shape index (κ1) is 23.7. The van der Waals surface area contributed by atoms with Crippen molar-refractivity contribution < 1.29 is 0 Å². The summed E-state index contributed by atoms with van der Waals surface area (Å²) in [6.07, 6.45) is 0. The van der Waals surface area contributed by atoms with Gasteiger partial charge in [0.05, 0.1) is 5.41 Å². The van der Waals surface area contributed by atoms with Gasteiger partial charge in [0, 0.05) is 0 Å². The molecule has 0 N–H and O–H groups in total. The maximum Gasteiger partial charge on any atom is 0.0725 e. The van der Waals surface area contributed by atoms with Crippen molar-refractivity contribution in [1.82, 2.24) is 0 Å². The summed E-state index contributed by atoms with van der Waals surface area (Å²) in [4.78, 5) is 0. The van der Waals surface area contributed by atoms with Crippen molar-refractivity contribution in [2.75, 3.05) is 0 Å². The Hall–Kier alpha value is -5.72. The van der Waals surface area contributed by atoms with Gasteiger partial charge < -0.3 is 0 Å². The van der Waals surface area contributed by atoms with Gasteiger partial charge in [-0.25, -0.2) is 0 Å². The van der Waals surface area contributed by atoms with E-state index in [4.69, 9.17) is 0 Å². The van der Waals surface area contributed by atoms with Crippen molar-refractivity contribution in [3.05, 3.63) is 180 Å². The quantitative estimate of drug-likeness (QED) is 0.185. The van der Waals surface area contributed by atoms with Gasteiger partial charge >= 0.3 is 0 Å². The summed E-state index contributed by atoms with van der Waals surface area (Å²) in [5.74, 6) is 0. The first-order chi connectivity index (χ1) is 22.3. The fourth-order valence-corrected chi connectivity index (χ4v) is 9.14. The second-order valence-electron chi connectivity index (χ2n) is 12.7. The smallest absolute Gasteiger partial charge is 0.0619 e. The highest BCUT2D eigenvalue weighted by Gasteiger charge is 2.52. The summed E-state index contributed by atoms with van der Waals surface area (Å²) in [5.41, 5.74) is 18.6. The lowest BCUT2D eigenvalue weighted by Gasteiger charge is -2.30. The van der Waals surface area contributed by atoms with Gasteiger partial charge in [0.1, 0.15) is 0 Å². The lowest BCUT2D eigenvalue weighted by molar-refractivity contribution is 0.795. The van der Waals surface area contributed by atoms with Crippen LogP contribution in [0, 0.1) is 0 Å². The van der Waals surface area contributed by atoms with Crippen LogP contribution in [0.2, 0.25) is 0 Å². The van der Waals surface area contributed by atoms with Gasteiger partial charge in [0.2, 0.25) is 0 Å². The third-order valence-corrected chi connectivity index (χ3v) is 10.8. The van der Waals surface area contributed by atoms with Gasteiger partial charge in [0.15, 0.2) is 0 Å². The zero-order chi connectivity index (χ0) is 29.3. The number of fused-ring (bicyclic) bond motifs is 15. The Labute approximate surface area is 261 Å². The van der Waals surface area contributed by atoms with Crippen LogP contribution in [-0.2, 0) is 5.41 Å². The molecule has 45 heavy (non-hydrogen) atoms. The molecule has 0 fully saturated rings. The van der Waals surface area contributed by atoms with Crippen LogP contribution in [0.3, 0.4) is 0 Å². The van der Waals surface area contributed by atoms with Gasteiger partial charge in [-0.1, -0.05) is 146 Å². The molecule has 0 saturated carbocycles. The van der Waals surface area contributed by atoms with Gasteiger partial charge in [-0.15, -0.1) is 0 Å². The van der Waals surface area contributed by atoms with Crippen molar-refractivity contribution in [2.24, 2.45) is 0 Å². The van der Waals surface area contributed by atoms with E-state index in [9.17, 15) is 0 Å². The van der Waals surface area contributed by atoms with Crippen LogP contribution in [0.25, 0.3) is 77.2 Å². The zero-order valence-corrected chi connectivity index (χ0v) is 24.5. The van der Waals surface area contributed by atoms with E-state index in [1.165, 1.54) is 99.4 Å². The number of rotatable bonds is 1.